The Kier molecular flexibility index (Phi) is 5.17. The number of fused-ring (bicyclic) bond motifs is 2. The van der Waals surface area contributed by atoms with Crippen LogP contribution in [0.15, 0.2) is 48.8 Å². The number of hydrogen-bond acceptors (Lipinski definition) is 4. The number of pyridine rings is 1. The summed E-state index contributed by atoms with van der Waals surface area (Å²) in [6.45, 7) is 6.86. The minimum Gasteiger partial charge on any atom is -0.328 e. The Morgan fingerprint density at radius 2 is 1.89 bits per heavy atom. The minimum absolute atomic E-state index is 0.0303. The molecule has 8 heteroatoms. The van der Waals surface area contributed by atoms with Crippen LogP contribution < -0.4 is 5.32 Å². The zero-order valence-corrected chi connectivity index (χ0v) is 20.9. The summed E-state index contributed by atoms with van der Waals surface area (Å²) in [7, 11) is 0. The predicted molar refractivity (Wildman–Crippen MR) is 135 cm³/mol. The number of carbonyl (C=O) groups excluding carboxylic acids is 3. The Morgan fingerprint density at radius 1 is 1.11 bits per heavy atom. The van der Waals surface area contributed by atoms with E-state index in [1.165, 1.54) is 0 Å². The summed E-state index contributed by atoms with van der Waals surface area (Å²) in [5.41, 5.74) is 4.02. The molecule has 186 valence electrons. The Morgan fingerprint density at radius 3 is 2.61 bits per heavy atom. The molecule has 1 saturated carbocycles. The second-order valence-corrected chi connectivity index (χ2v) is 11.0. The molecular formula is C28H31N5O3. The molecule has 0 radical (unpaired) electrons. The molecule has 3 aromatic rings. The van der Waals surface area contributed by atoms with Gasteiger partial charge in [-0.2, -0.15) is 0 Å². The molecule has 2 aromatic heterocycles. The zero-order chi connectivity index (χ0) is 25.2. The molecule has 2 aliphatic heterocycles. The third kappa shape index (κ3) is 3.75. The number of likely N-dealkylation sites (tertiary alicyclic amines) is 1. The van der Waals surface area contributed by atoms with Gasteiger partial charge in [-0.1, -0.05) is 32.0 Å². The third-order valence-electron chi connectivity index (χ3n) is 7.96. The lowest BCUT2D eigenvalue weighted by atomic mass is 10.00. The van der Waals surface area contributed by atoms with Crippen LogP contribution in [-0.4, -0.2) is 55.5 Å². The first-order chi connectivity index (χ1) is 17.2. The molecule has 0 bridgehead atoms. The van der Waals surface area contributed by atoms with Crippen molar-refractivity contribution in [2.75, 3.05) is 11.9 Å². The van der Waals surface area contributed by atoms with Gasteiger partial charge in [0.05, 0.1) is 11.4 Å². The van der Waals surface area contributed by atoms with Crippen LogP contribution in [0.3, 0.4) is 0 Å². The van der Waals surface area contributed by atoms with Gasteiger partial charge >= 0.3 is 0 Å². The Balaban J connectivity index is 1.25. The van der Waals surface area contributed by atoms with Crippen LogP contribution in [0.1, 0.15) is 54.7 Å². The predicted octanol–water partition coefficient (Wildman–Crippen LogP) is 3.64. The Hall–Kier alpha value is -3.68. The lowest BCUT2D eigenvalue weighted by Crippen LogP contribution is -2.54. The number of nitrogens with one attached hydrogen (secondary N) is 1. The minimum atomic E-state index is -0.612. The fourth-order valence-corrected chi connectivity index (χ4v) is 5.93. The monoisotopic (exact) mass is 485 g/mol. The van der Waals surface area contributed by atoms with Crippen molar-refractivity contribution in [3.8, 4) is 0 Å². The number of carbonyl (C=O) groups is 3. The van der Waals surface area contributed by atoms with E-state index in [-0.39, 0.29) is 29.1 Å². The van der Waals surface area contributed by atoms with Crippen LogP contribution in [-0.2, 0) is 16.1 Å². The fourth-order valence-electron chi connectivity index (χ4n) is 5.93. The molecule has 1 aliphatic carbocycles. The van der Waals surface area contributed by atoms with E-state index in [0.29, 0.717) is 30.8 Å². The van der Waals surface area contributed by atoms with Crippen LogP contribution in [0.4, 0.5) is 5.69 Å². The lowest BCUT2D eigenvalue weighted by molar-refractivity contribution is -0.142. The van der Waals surface area contributed by atoms with Crippen molar-refractivity contribution in [3.63, 3.8) is 0 Å². The Labute approximate surface area is 210 Å². The lowest BCUT2D eigenvalue weighted by Gasteiger charge is -2.35. The van der Waals surface area contributed by atoms with Crippen LogP contribution in [0.2, 0.25) is 0 Å². The maximum Gasteiger partial charge on any atom is 0.255 e. The van der Waals surface area contributed by atoms with Gasteiger partial charge in [-0.3, -0.25) is 14.4 Å². The summed E-state index contributed by atoms with van der Waals surface area (Å²) in [6, 6.07) is 10.1. The third-order valence-corrected chi connectivity index (χ3v) is 7.96. The van der Waals surface area contributed by atoms with E-state index >= 15 is 0 Å². The molecule has 8 nitrogen and oxygen atoms in total. The molecule has 2 atom stereocenters. The van der Waals surface area contributed by atoms with Gasteiger partial charge in [0.2, 0.25) is 11.8 Å². The maximum atomic E-state index is 14.1. The number of aromatic nitrogens is 2. The first kappa shape index (κ1) is 22.8. The van der Waals surface area contributed by atoms with Crippen molar-refractivity contribution >= 4 is 29.1 Å². The van der Waals surface area contributed by atoms with Gasteiger partial charge in [0.25, 0.3) is 5.91 Å². The number of imidazole rings is 1. The average molecular weight is 486 g/mol. The van der Waals surface area contributed by atoms with E-state index in [4.69, 9.17) is 0 Å². The Bertz CT molecular complexity index is 1390. The number of benzene rings is 1. The zero-order valence-electron chi connectivity index (χ0n) is 20.9. The summed E-state index contributed by atoms with van der Waals surface area (Å²) in [5.74, 6) is -0.498. The number of anilines is 1. The van der Waals surface area contributed by atoms with Crippen molar-refractivity contribution in [3.05, 3.63) is 65.6 Å². The van der Waals surface area contributed by atoms with E-state index in [1.807, 2.05) is 74.0 Å². The van der Waals surface area contributed by atoms with Gasteiger partial charge in [0, 0.05) is 31.0 Å². The molecule has 3 amide bonds. The summed E-state index contributed by atoms with van der Waals surface area (Å²) in [6.07, 6.45) is 6.48. The van der Waals surface area contributed by atoms with E-state index in [2.05, 4.69) is 10.3 Å². The highest BCUT2D eigenvalue weighted by Crippen LogP contribution is 2.55. The van der Waals surface area contributed by atoms with Gasteiger partial charge in [-0.05, 0) is 61.3 Å². The first-order valence-corrected chi connectivity index (χ1v) is 12.7. The summed E-state index contributed by atoms with van der Waals surface area (Å²) in [4.78, 5) is 48.7. The molecule has 2 fully saturated rings. The number of nitrogens with zero attached hydrogens (tertiary/aromatic N) is 4. The van der Waals surface area contributed by atoms with Crippen LogP contribution in [0.25, 0.3) is 5.65 Å². The van der Waals surface area contributed by atoms with E-state index in [9.17, 15) is 14.4 Å². The molecule has 4 heterocycles. The fraction of sp³-hybridized carbons (Fsp3) is 0.429. The standard InChI is InChI=1S/C28H31N5O3/c1-17(2)24(32-14-19-6-4-5-7-21(19)26(32)35)27(36)33-16-28(10-11-28)12-22(33)25(34)30-20-8-9-23-29-18(3)13-31(23)15-20/h4-9,13,15,17,22,24H,10-12,14,16H2,1-3H3,(H,30,34)/t22-,24?/m0/s1. The number of amides is 3. The summed E-state index contributed by atoms with van der Waals surface area (Å²) in [5, 5.41) is 3.03. The van der Waals surface area contributed by atoms with Crippen molar-refractivity contribution in [1.29, 1.82) is 0 Å². The second-order valence-electron chi connectivity index (χ2n) is 11.0. The van der Waals surface area contributed by atoms with Gasteiger partial charge in [0.1, 0.15) is 17.7 Å². The number of hydrogen-bond donors (Lipinski definition) is 1. The largest absolute Gasteiger partial charge is 0.328 e. The normalized spacial score (nSPS) is 20.9. The van der Waals surface area contributed by atoms with Crippen LogP contribution in [0.5, 0.6) is 0 Å². The summed E-state index contributed by atoms with van der Waals surface area (Å²) < 4.78 is 1.89. The van der Waals surface area contributed by atoms with Crippen molar-refractivity contribution in [2.45, 2.75) is 58.7 Å². The molecule has 1 saturated heterocycles. The van der Waals surface area contributed by atoms with E-state index < -0.39 is 12.1 Å². The number of rotatable bonds is 5. The smallest absolute Gasteiger partial charge is 0.255 e. The van der Waals surface area contributed by atoms with Gasteiger partial charge in [-0.25, -0.2) is 4.98 Å². The van der Waals surface area contributed by atoms with Crippen LogP contribution in [0, 0.1) is 18.3 Å². The second kappa shape index (κ2) is 8.18. The SMILES string of the molecule is Cc1cn2cc(NC(=O)[C@@H]3CC4(CC4)CN3C(=O)C(C(C)C)N3Cc4ccccc4C3=O)ccc2n1. The molecule has 36 heavy (non-hydrogen) atoms. The van der Waals surface area contributed by atoms with Crippen LogP contribution >= 0.6 is 0 Å². The highest BCUT2D eigenvalue weighted by atomic mass is 16.2. The first-order valence-electron chi connectivity index (χ1n) is 12.7. The molecule has 1 aromatic carbocycles. The van der Waals surface area contributed by atoms with E-state index in [1.54, 1.807) is 9.80 Å². The molecule has 6 rings (SSSR count). The topological polar surface area (TPSA) is 87.0 Å². The highest BCUT2D eigenvalue weighted by Gasteiger charge is 2.56. The van der Waals surface area contributed by atoms with E-state index in [0.717, 1.165) is 29.7 Å². The molecule has 1 unspecified atom stereocenters. The van der Waals surface area contributed by atoms with Crippen molar-refractivity contribution in [2.24, 2.45) is 11.3 Å². The molecular weight excluding hydrogens is 454 g/mol. The number of aryl methyl sites for hydroxylation is 1. The molecule has 1 spiro atoms. The average Bonchev–Trinajstić information content (AvgIpc) is 3.16. The van der Waals surface area contributed by atoms with Gasteiger partial charge in [0.15, 0.2) is 0 Å². The maximum absolute atomic E-state index is 14.1. The highest BCUT2D eigenvalue weighted by molar-refractivity contribution is 6.03. The quantitative estimate of drug-likeness (QED) is 0.598. The van der Waals surface area contributed by atoms with Gasteiger partial charge < -0.3 is 19.5 Å². The van der Waals surface area contributed by atoms with Crippen molar-refractivity contribution in [1.82, 2.24) is 19.2 Å². The van der Waals surface area contributed by atoms with Crippen molar-refractivity contribution < 1.29 is 14.4 Å². The molecule has 3 aliphatic rings. The molecule has 1 N–H and O–H groups in total. The van der Waals surface area contributed by atoms with Gasteiger partial charge in [-0.15, -0.1) is 0 Å². The summed E-state index contributed by atoms with van der Waals surface area (Å²) >= 11 is 0.